The Bertz CT molecular complexity index is 1060. The third-order valence-electron chi connectivity index (χ3n) is 5.23. The summed E-state index contributed by atoms with van der Waals surface area (Å²) in [6, 6.07) is 7.21. The highest BCUT2D eigenvalue weighted by Gasteiger charge is 2.22. The van der Waals surface area contributed by atoms with Crippen LogP contribution in [0.3, 0.4) is 0 Å². The van der Waals surface area contributed by atoms with Gasteiger partial charge in [0.25, 0.3) is 11.5 Å². The molecule has 4 rings (SSSR count). The second-order valence-electron chi connectivity index (χ2n) is 7.20. The van der Waals surface area contributed by atoms with Crippen molar-refractivity contribution in [2.75, 3.05) is 44.4 Å². The number of morpholine rings is 1. The van der Waals surface area contributed by atoms with E-state index in [0.717, 1.165) is 12.8 Å². The van der Waals surface area contributed by atoms with E-state index in [1.807, 2.05) is 11.0 Å². The summed E-state index contributed by atoms with van der Waals surface area (Å²) in [5, 5.41) is 12.3. The van der Waals surface area contributed by atoms with E-state index in [1.54, 1.807) is 24.4 Å². The van der Waals surface area contributed by atoms with Crippen molar-refractivity contribution in [3.8, 4) is 6.07 Å². The van der Waals surface area contributed by atoms with Crippen LogP contribution in [-0.2, 0) is 14.3 Å². The van der Waals surface area contributed by atoms with Crippen molar-refractivity contribution >= 4 is 23.4 Å². The van der Waals surface area contributed by atoms with Gasteiger partial charge in [-0.3, -0.25) is 14.0 Å². The standard InChI is InChI=1S/C21H23N5O4/c22-13-15(20(27)23-14-16-4-3-9-30-16)12-17-19(25-7-10-29-11-8-25)24-18-5-1-2-6-26(18)21(17)28/h1-2,5-6,12,16H,3-4,7-11,14H2,(H,23,27)/b15-12-/t16-/m0/s1. The van der Waals surface area contributed by atoms with Crippen molar-refractivity contribution in [1.82, 2.24) is 14.7 Å². The topological polar surface area (TPSA) is 109 Å². The van der Waals surface area contributed by atoms with Crippen LogP contribution in [0, 0.1) is 11.3 Å². The van der Waals surface area contributed by atoms with Gasteiger partial charge in [0, 0.05) is 32.4 Å². The van der Waals surface area contributed by atoms with E-state index in [9.17, 15) is 14.9 Å². The van der Waals surface area contributed by atoms with Gasteiger partial charge in [-0.2, -0.15) is 5.26 Å². The fourth-order valence-electron chi connectivity index (χ4n) is 3.63. The Hall–Kier alpha value is -3.22. The van der Waals surface area contributed by atoms with Gasteiger partial charge in [0.05, 0.1) is 24.9 Å². The molecule has 0 unspecified atom stereocenters. The average Bonchev–Trinajstić information content (AvgIpc) is 3.31. The lowest BCUT2D eigenvalue weighted by atomic mass is 10.1. The lowest BCUT2D eigenvalue weighted by Gasteiger charge is -2.29. The van der Waals surface area contributed by atoms with Gasteiger partial charge in [-0.25, -0.2) is 4.98 Å². The van der Waals surface area contributed by atoms with E-state index >= 15 is 0 Å². The molecule has 0 aliphatic carbocycles. The molecule has 0 spiro atoms. The minimum Gasteiger partial charge on any atom is -0.378 e. The van der Waals surface area contributed by atoms with Gasteiger partial charge in [0.2, 0.25) is 0 Å². The average molecular weight is 409 g/mol. The lowest BCUT2D eigenvalue weighted by molar-refractivity contribution is -0.117. The number of carbonyl (C=O) groups excluding carboxylic acids is 1. The maximum absolute atomic E-state index is 13.2. The molecule has 0 aromatic carbocycles. The predicted molar refractivity (Wildman–Crippen MR) is 110 cm³/mol. The zero-order chi connectivity index (χ0) is 20.9. The van der Waals surface area contributed by atoms with Crippen LogP contribution in [0.1, 0.15) is 18.4 Å². The molecule has 4 heterocycles. The van der Waals surface area contributed by atoms with Crippen LogP contribution < -0.4 is 15.8 Å². The zero-order valence-electron chi connectivity index (χ0n) is 16.5. The van der Waals surface area contributed by atoms with E-state index < -0.39 is 5.91 Å². The summed E-state index contributed by atoms with van der Waals surface area (Å²) in [5.74, 6) is -0.0762. The van der Waals surface area contributed by atoms with Crippen LogP contribution in [-0.4, -0.2) is 60.9 Å². The normalized spacial score (nSPS) is 19.6. The molecule has 9 nitrogen and oxygen atoms in total. The van der Waals surface area contributed by atoms with Crippen LogP contribution in [0.15, 0.2) is 34.8 Å². The minimum atomic E-state index is -0.529. The Morgan fingerprint density at radius 2 is 2.17 bits per heavy atom. The van der Waals surface area contributed by atoms with Crippen molar-refractivity contribution in [2.24, 2.45) is 0 Å². The van der Waals surface area contributed by atoms with Crippen molar-refractivity contribution in [1.29, 1.82) is 5.26 Å². The maximum Gasteiger partial charge on any atom is 0.267 e. The third kappa shape index (κ3) is 4.20. The van der Waals surface area contributed by atoms with Gasteiger partial charge in [-0.15, -0.1) is 0 Å². The smallest absolute Gasteiger partial charge is 0.267 e. The van der Waals surface area contributed by atoms with Crippen molar-refractivity contribution in [3.63, 3.8) is 0 Å². The fourth-order valence-corrected chi connectivity index (χ4v) is 3.63. The monoisotopic (exact) mass is 409 g/mol. The van der Waals surface area contributed by atoms with E-state index in [2.05, 4.69) is 10.3 Å². The van der Waals surface area contributed by atoms with Crippen LogP contribution in [0.2, 0.25) is 0 Å². The molecule has 2 fully saturated rings. The van der Waals surface area contributed by atoms with Crippen LogP contribution in [0.5, 0.6) is 0 Å². The summed E-state index contributed by atoms with van der Waals surface area (Å²) < 4.78 is 12.3. The first-order chi connectivity index (χ1) is 14.7. The second-order valence-corrected chi connectivity index (χ2v) is 7.20. The summed E-state index contributed by atoms with van der Waals surface area (Å²) >= 11 is 0. The second kappa shape index (κ2) is 9.07. The number of hydrogen-bond acceptors (Lipinski definition) is 7. The molecule has 2 aromatic heterocycles. The third-order valence-corrected chi connectivity index (χ3v) is 5.23. The Morgan fingerprint density at radius 3 is 2.90 bits per heavy atom. The first kappa shape index (κ1) is 20.1. The summed E-state index contributed by atoms with van der Waals surface area (Å²) in [7, 11) is 0. The SMILES string of the molecule is N#C/C(=C/c1c(N2CCOCC2)nc2ccccn2c1=O)C(=O)NC[C@@H]1CCCO1. The van der Waals surface area contributed by atoms with Crippen LogP contribution in [0.25, 0.3) is 11.7 Å². The summed E-state index contributed by atoms with van der Waals surface area (Å²) in [5.41, 5.74) is 0.242. The highest BCUT2D eigenvalue weighted by molar-refractivity contribution is 6.02. The summed E-state index contributed by atoms with van der Waals surface area (Å²) in [4.78, 5) is 32.4. The van der Waals surface area contributed by atoms with Gasteiger partial charge >= 0.3 is 0 Å². The van der Waals surface area contributed by atoms with Gasteiger partial charge < -0.3 is 19.7 Å². The van der Waals surface area contributed by atoms with Crippen LogP contribution >= 0.6 is 0 Å². The molecule has 2 aliphatic heterocycles. The van der Waals surface area contributed by atoms with E-state index in [1.165, 1.54) is 10.5 Å². The number of aromatic nitrogens is 2. The van der Waals surface area contributed by atoms with E-state index in [-0.39, 0.29) is 22.8 Å². The molecule has 1 atom stereocenters. The molecule has 2 saturated heterocycles. The quantitative estimate of drug-likeness (QED) is 0.573. The highest BCUT2D eigenvalue weighted by Crippen LogP contribution is 2.20. The maximum atomic E-state index is 13.2. The van der Waals surface area contributed by atoms with Crippen molar-refractivity contribution in [3.05, 3.63) is 45.9 Å². The van der Waals surface area contributed by atoms with Gasteiger partial charge in [0.1, 0.15) is 23.1 Å². The molecular weight excluding hydrogens is 386 g/mol. The molecule has 0 bridgehead atoms. The minimum absolute atomic E-state index is 0.0363. The number of fused-ring (bicyclic) bond motifs is 1. The van der Waals surface area contributed by atoms with Crippen LogP contribution in [0.4, 0.5) is 5.82 Å². The number of nitrogens with zero attached hydrogens (tertiary/aromatic N) is 4. The molecule has 0 saturated carbocycles. The lowest BCUT2D eigenvalue weighted by Crippen LogP contribution is -2.39. The number of rotatable bonds is 5. The Balaban J connectivity index is 1.71. The van der Waals surface area contributed by atoms with Gasteiger partial charge in [0.15, 0.2) is 0 Å². The molecule has 156 valence electrons. The fraction of sp³-hybridized carbons (Fsp3) is 0.429. The molecule has 1 N–H and O–H groups in total. The zero-order valence-corrected chi connectivity index (χ0v) is 16.5. The number of hydrogen-bond donors (Lipinski definition) is 1. The van der Waals surface area contributed by atoms with Gasteiger partial charge in [-0.1, -0.05) is 6.07 Å². The summed E-state index contributed by atoms with van der Waals surface area (Å²) in [6.07, 6.45) is 4.76. The van der Waals surface area contributed by atoms with E-state index in [0.29, 0.717) is 50.9 Å². The predicted octanol–water partition coefficient (Wildman–Crippen LogP) is 0.733. The summed E-state index contributed by atoms with van der Waals surface area (Å²) in [6.45, 7) is 3.21. The number of nitrogens with one attached hydrogen (secondary N) is 1. The molecule has 0 radical (unpaired) electrons. The number of pyridine rings is 1. The van der Waals surface area contributed by atoms with E-state index in [4.69, 9.17) is 9.47 Å². The first-order valence-corrected chi connectivity index (χ1v) is 10.0. The Labute approximate surface area is 173 Å². The number of anilines is 1. The number of nitriles is 1. The molecule has 2 aliphatic rings. The Morgan fingerprint density at radius 1 is 1.33 bits per heavy atom. The number of carbonyl (C=O) groups is 1. The molecule has 1 amide bonds. The molecule has 30 heavy (non-hydrogen) atoms. The first-order valence-electron chi connectivity index (χ1n) is 10.0. The van der Waals surface area contributed by atoms with Crippen molar-refractivity contribution in [2.45, 2.75) is 18.9 Å². The Kier molecular flexibility index (Phi) is 6.07. The molecule has 2 aromatic rings. The number of amides is 1. The van der Waals surface area contributed by atoms with Gasteiger partial charge in [-0.05, 0) is 31.1 Å². The largest absolute Gasteiger partial charge is 0.378 e. The van der Waals surface area contributed by atoms with Crippen molar-refractivity contribution < 1.29 is 14.3 Å². The highest BCUT2D eigenvalue weighted by atomic mass is 16.5. The molecular formula is C21H23N5O4. The number of ether oxygens (including phenoxy) is 2. The molecule has 9 heteroatoms.